The predicted molar refractivity (Wildman–Crippen MR) is 72.5 cm³/mol. The minimum atomic E-state index is -1.01. The molecule has 1 aliphatic rings. The third-order valence-electron chi connectivity index (χ3n) is 3.39. The number of hydrogen-bond donors (Lipinski definition) is 2. The molecule has 2 rings (SSSR count). The summed E-state index contributed by atoms with van der Waals surface area (Å²) in [4.78, 5) is 21.8. The van der Waals surface area contributed by atoms with Gasteiger partial charge in [-0.1, -0.05) is 13.8 Å². The molecule has 2 heterocycles. The second-order valence-corrected chi connectivity index (χ2v) is 5.25. The van der Waals surface area contributed by atoms with E-state index in [9.17, 15) is 9.90 Å². The fourth-order valence-corrected chi connectivity index (χ4v) is 2.20. The van der Waals surface area contributed by atoms with E-state index in [0.29, 0.717) is 11.5 Å². The Kier molecular flexibility index (Phi) is 3.99. The van der Waals surface area contributed by atoms with Crippen LogP contribution < -0.4 is 10.6 Å². The fraction of sp³-hybridized carbons (Fsp3) is 0.615. The SMILES string of the molecule is CC(C)c1ncc(N2CCC(N)CC2)c(C(=O)O)n1. The van der Waals surface area contributed by atoms with Gasteiger partial charge in [0.2, 0.25) is 0 Å². The first-order valence-electron chi connectivity index (χ1n) is 6.59. The third-order valence-corrected chi connectivity index (χ3v) is 3.39. The number of rotatable bonds is 3. The predicted octanol–water partition coefficient (Wildman–Crippen LogP) is 1.23. The molecule has 0 unspecified atom stereocenters. The standard InChI is InChI=1S/C13H20N4O2/c1-8(2)12-15-7-10(11(16-12)13(18)19)17-5-3-9(14)4-6-17/h7-9H,3-6,14H2,1-2H3,(H,18,19). The highest BCUT2D eigenvalue weighted by Gasteiger charge is 2.23. The summed E-state index contributed by atoms with van der Waals surface area (Å²) in [6.45, 7) is 5.40. The van der Waals surface area contributed by atoms with E-state index in [1.807, 2.05) is 18.7 Å². The number of hydrogen-bond acceptors (Lipinski definition) is 5. The molecular formula is C13H20N4O2. The molecule has 1 saturated heterocycles. The molecular weight excluding hydrogens is 244 g/mol. The van der Waals surface area contributed by atoms with Crippen LogP contribution in [0.1, 0.15) is 48.9 Å². The van der Waals surface area contributed by atoms with Gasteiger partial charge in [-0.2, -0.15) is 0 Å². The Hall–Kier alpha value is -1.69. The normalized spacial score (nSPS) is 16.9. The first-order valence-corrected chi connectivity index (χ1v) is 6.59. The molecule has 6 heteroatoms. The van der Waals surface area contributed by atoms with Crippen LogP contribution >= 0.6 is 0 Å². The lowest BCUT2D eigenvalue weighted by atomic mass is 10.1. The zero-order valence-corrected chi connectivity index (χ0v) is 11.3. The van der Waals surface area contributed by atoms with Gasteiger partial charge in [0.1, 0.15) is 5.82 Å². The van der Waals surface area contributed by atoms with Crippen LogP contribution in [0.2, 0.25) is 0 Å². The molecule has 0 amide bonds. The molecule has 104 valence electrons. The van der Waals surface area contributed by atoms with Crippen molar-refractivity contribution in [2.24, 2.45) is 5.73 Å². The van der Waals surface area contributed by atoms with E-state index < -0.39 is 5.97 Å². The average molecular weight is 264 g/mol. The smallest absolute Gasteiger partial charge is 0.356 e. The molecule has 3 N–H and O–H groups in total. The van der Waals surface area contributed by atoms with Crippen LogP contribution in [0, 0.1) is 0 Å². The van der Waals surface area contributed by atoms with Gasteiger partial charge in [0.25, 0.3) is 0 Å². The molecule has 0 atom stereocenters. The molecule has 1 aliphatic heterocycles. The van der Waals surface area contributed by atoms with Crippen LogP contribution in [0.15, 0.2) is 6.20 Å². The van der Waals surface area contributed by atoms with Gasteiger partial charge in [-0.05, 0) is 12.8 Å². The number of carboxylic acids is 1. The number of nitrogens with zero attached hydrogens (tertiary/aromatic N) is 3. The molecule has 1 fully saturated rings. The Morgan fingerprint density at radius 3 is 2.63 bits per heavy atom. The minimum Gasteiger partial charge on any atom is -0.476 e. The third kappa shape index (κ3) is 3.01. The Balaban J connectivity index is 2.31. The maximum atomic E-state index is 11.4. The Bertz CT molecular complexity index is 468. The van der Waals surface area contributed by atoms with Crippen LogP contribution in [-0.2, 0) is 0 Å². The lowest BCUT2D eigenvalue weighted by Gasteiger charge is -2.32. The van der Waals surface area contributed by atoms with Gasteiger partial charge in [-0.15, -0.1) is 0 Å². The maximum absolute atomic E-state index is 11.4. The molecule has 19 heavy (non-hydrogen) atoms. The highest BCUT2D eigenvalue weighted by molar-refractivity contribution is 5.92. The number of carbonyl (C=O) groups is 1. The summed E-state index contributed by atoms with van der Waals surface area (Å²) in [6.07, 6.45) is 3.36. The molecule has 1 aromatic rings. The summed E-state index contributed by atoms with van der Waals surface area (Å²) >= 11 is 0. The van der Waals surface area contributed by atoms with Crippen molar-refractivity contribution < 1.29 is 9.90 Å². The Labute approximate surface area is 112 Å². The van der Waals surface area contributed by atoms with Crippen LogP contribution in [0.25, 0.3) is 0 Å². The van der Waals surface area contributed by atoms with E-state index in [4.69, 9.17) is 5.73 Å². The van der Waals surface area contributed by atoms with Crippen molar-refractivity contribution in [3.8, 4) is 0 Å². The quantitative estimate of drug-likeness (QED) is 0.853. The molecule has 0 radical (unpaired) electrons. The van der Waals surface area contributed by atoms with Crippen LogP contribution in [-0.4, -0.2) is 40.2 Å². The van der Waals surface area contributed by atoms with Crippen molar-refractivity contribution in [3.05, 3.63) is 17.7 Å². The summed E-state index contributed by atoms with van der Waals surface area (Å²) < 4.78 is 0. The molecule has 0 spiro atoms. The van der Waals surface area contributed by atoms with Crippen molar-refractivity contribution in [2.75, 3.05) is 18.0 Å². The van der Waals surface area contributed by atoms with Gasteiger partial charge in [-0.25, -0.2) is 14.8 Å². The van der Waals surface area contributed by atoms with Crippen molar-refractivity contribution in [3.63, 3.8) is 0 Å². The van der Waals surface area contributed by atoms with Crippen LogP contribution in [0.5, 0.6) is 0 Å². The van der Waals surface area contributed by atoms with Crippen molar-refractivity contribution in [1.29, 1.82) is 0 Å². The van der Waals surface area contributed by atoms with Crippen molar-refractivity contribution in [2.45, 2.75) is 38.6 Å². The lowest BCUT2D eigenvalue weighted by molar-refractivity contribution is 0.0690. The van der Waals surface area contributed by atoms with Gasteiger partial charge in [0.05, 0.1) is 11.9 Å². The summed E-state index contributed by atoms with van der Waals surface area (Å²) in [6, 6.07) is 0.209. The molecule has 0 aromatic carbocycles. The molecule has 0 aliphatic carbocycles. The summed E-state index contributed by atoms with van der Waals surface area (Å²) in [5.41, 5.74) is 6.56. The summed E-state index contributed by atoms with van der Waals surface area (Å²) in [5.74, 6) is -0.328. The van der Waals surface area contributed by atoms with Crippen LogP contribution in [0.3, 0.4) is 0 Å². The van der Waals surface area contributed by atoms with Crippen LogP contribution in [0.4, 0.5) is 5.69 Å². The van der Waals surface area contributed by atoms with Gasteiger partial charge in [0.15, 0.2) is 5.69 Å². The van der Waals surface area contributed by atoms with E-state index >= 15 is 0 Å². The zero-order valence-electron chi connectivity index (χ0n) is 11.3. The second kappa shape index (κ2) is 5.52. The summed E-state index contributed by atoms with van der Waals surface area (Å²) in [5, 5.41) is 9.31. The number of carboxylic acid groups (broad SMARTS) is 1. The number of nitrogens with two attached hydrogens (primary N) is 1. The minimum absolute atomic E-state index is 0.0918. The monoisotopic (exact) mass is 264 g/mol. The van der Waals surface area contributed by atoms with Gasteiger partial charge < -0.3 is 15.7 Å². The topological polar surface area (TPSA) is 92.3 Å². The summed E-state index contributed by atoms with van der Waals surface area (Å²) in [7, 11) is 0. The number of aromatic carboxylic acids is 1. The molecule has 0 bridgehead atoms. The highest BCUT2D eigenvalue weighted by Crippen LogP contribution is 2.23. The average Bonchev–Trinajstić information content (AvgIpc) is 2.38. The van der Waals surface area contributed by atoms with E-state index in [-0.39, 0.29) is 17.7 Å². The Morgan fingerprint density at radius 1 is 1.47 bits per heavy atom. The van der Waals surface area contributed by atoms with Crippen molar-refractivity contribution in [1.82, 2.24) is 9.97 Å². The molecule has 1 aromatic heterocycles. The first kappa shape index (κ1) is 13.7. The first-order chi connectivity index (χ1) is 8.99. The molecule has 0 saturated carbocycles. The zero-order chi connectivity index (χ0) is 14.0. The van der Waals surface area contributed by atoms with E-state index in [1.165, 1.54) is 0 Å². The molecule has 6 nitrogen and oxygen atoms in total. The second-order valence-electron chi connectivity index (χ2n) is 5.25. The number of aromatic nitrogens is 2. The number of piperidine rings is 1. The number of anilines is 1. The lowest BCUT2D eigenvalue weighted by Crippen LogP contribution is -2.40. The highest BCUT2D eigenvalue weighted by atomic mass is 16.4. The van der Waals surface area contributed by atoms with Crippen molar-refractivity contribution >= 4 is 11.7 Å². The maximum Gasteiger partial charge on any atom is 0.356 e. The van der Waals surface area contributed by atoms with E-state index in [0.717, 1.165) is 25.9 Å². The van der Waals surface area contributed by atoms with E-state index in [2.05, 4.69) is 9.97 Å². The van der Waals surface area contributed by atoms with Gasteiger partial charge in [0, 0.05) is 25.0 Å². The fourth-order valence-electron chi connectivity index (χ4n) is 2.20. The van der Waals surface area contributed by atoms with Gasteiger partial charge in [-0.3, -0.25) is 0 Å². The Morgan fingerprint density at radius 2 is 2.11 bits per heavy atom. The van der Waals surface area contributed by atoms with Gasteiger partial charge >= 0.3 is 5.97 Å². The van der Waals surface area contributed by atoms with E-state index in [1.54, 1.807) is 6.20 Å². The largest absolute Gasteiger partial charge is 0.476 e.